The van der Waals surface area contributed by atoms with Gasteiger partial charge in [0.25, 0.3) is 0 Å². The monoisotopic (exact) mass is 202 g/mol. The topological polar surface area (TPSA) is 17.1 Å². The van der Waals surface area contributed by atoms with E-state index in [0.29, 0.717) is 0 Å². The highest BCUT2D eigenvalue weighted by Gasteiger charge is 2.44. The fraction of sp³-hybridized carbons (Fsp3) is 0.857. The molecule has 1 nitrogen and oxygen atoms in total. The Morgan fingerprint density at radius 1 is 1.50 bits per heavy atom. The molecule has 0 spiro atoms. The van der Waals surface area contributed by atoms with E-state index < -0.39 is 23.3 Å². The summed E-state index contributed by atoms with van der Waals surface area (Å²) < 4.78 is 36.3. The van der Waals surface area contributed by atoms with Gasteiger partial charge in [0, 0.05) is 0 Å². The number of ketones is 1. The minimum atomic E-state index is -4.38. The Balaban J connectivity index is 4.45. The van der Waals surface area contributed by atoms with Gasteiger partial charge in [0.1, 0.15) is 11.2 Å². The van der Waals surface area contributed by atoms with Gasteiger partial charge in [0.15, 0.2) is 0 Å². The Hall–Kier alpha value is -0.250. The van der Waals surface area contributed by atoms with E-state index in [1.165, 1.54) is 6.92 Å². The molecular formula is C7H10ClF3O. The van der Waals surface area contributed by atoms with Crippen molar-refractivity contribution in [3.8, 4) is 0 Å². The second-order valence-electron chi connectivity index (χ2n) is 2.57. The first-order chi connectivity index (χ1) is 5.30. The normalized spacial score (nSPS) is 17.2. The Bertz CT molecular complexity index is 167. The quantitative estimate of drug-likeness (QED) is 0.644. The Labute approximate surface area is 73.9 Å². The molecule has 0 N–H and O–H groups in total. The van der Waals surface area contributed by atoms with Crippen LogP contribution in [0.15, 0.2) is 0 Å². The fourth-order valence-corrected chi connectivity index (χ4v) is 1.21. The summed E-state index contributed by atoms with van der Waals surface area (Å²) in [6.45, 7) is 2.42. The zero-order valence-corrected chi connectivity index (χ0v) is 7.54. The van der Waals surface area contributed by atoms with Crippen LogP contribution < -0.4 is 0 Å². The molecule has 2 unspecified atom stereocenters. The van der Waals surface area contributed by atoms with Gasteiger partial charge in [0.05, 0.1) is 5.92 Å². The number of hydrogen-bond donors (Lipinski definition) is 0. The van der Waals surface area contributed by atoms with Gasteiger partial charge in [-0.3, -0.25) is 4.79 Å². The summed E-state index contributed by atoms with van der Waals surface area (Å²) >= 11 is 5.30. The van der Waals surface area contributed by atoms with Crippen molar-refractivity contribution in [3.05, 3.63) is 0 Å². The highest BCUT2D eigenvalue weighted by Crippen LogP contribution is 2.33. The van der Waals surface area contributed by atoms with Crippen LogP contribution in [-0.4, -0.2) is 17.3 Å². The van der Waals surface area contributed by atoms with Crippen molar-refractivity contribution >= 4 is 17.4 Å². The molecule has 0 aliphatic carbocycles. The molecule has 0 aliphatic rings. The van der Waals surface area contributed by atoms with Crippen LogP contribution in [0.5, 0.6) is 0 Å². The maximum absolute atomic E-state index is 12.1. The summed E-state index contributed by atoms with van der Waals surface area (Å²) in [5, 5.41) is -1.45. The van der Waals surface area contributed by atoms with Gasteiger partial charge >= 0.3 is 6.18 Å². The molecule has 72 valence electrons. The largest absolute Gasteiger partial charge is 0.393 e. The van der Waals surface area contributed by atoms with Crippen molar-refractivity contribution in [3.63, 3.8) is 0 Å². The molecule has 0 amide bonds. The number of Topliss-reactive ketones (excluding diaryl/α,β-unsaturated/α-hetero) is 1. The molecule has 0 saturated carbocycles. The first-order valence-corrected chi connectivity index (χ1v) is 3.95. The molecule has 2 atom stereocenters. The standard InChI is InChI=1S/C7H10ClF3O/c1-3-5(7(9,10)11)6(8)4(2)12/h5-6H,3H2,1-2H3. The van der Waals surface area contributed by atoms with Crippen LogP contribution in [0.25, 0.3) is 0 Å². The average molecular weight is 203 g/mol. The van der Waals surface area contributed by atoms with E-state index in [1.807, 2.05) is 0 Å². The molecule has 0 radical (unpaired) electrons. The Morgan fingerprint density at radius 2 is 1.92 bits per heavy atom. The zero-order chi connectivity index (χ0) is 9.94. The third-order valence-corrected chi connectivity index (χ3v) is 2.21. The summed E-state index contributed by atoms with van der Waals surface area (Å²) in [4.78, 5) is 10.6. The van der Waals surface area contributed by atoms with Crippen molar-refractivity contribution in [1.82, 2.24) is 0 Å². The molecule has 0 fully saturated rings. The predicted octanol–water partition coefficient (Wildman–Crippen LogP) is 2.77. The molecule has 0 aromatic heterocycles. The van der Waals surface area contributed by atoms with Crippen LogP contribution >= 0.6 is 11.6 Å². The molecule has 0 aliphatic heterocycles. The van der Waals surface area contributed by atoms with E-state index >= 15 is 0 Å². The molecule has 0 saturated heterocycles. The van der Waals surface area contributed by atoms with E-state index in [0.717, 1.165) is 6.92 Å². The zero-order valence-electron chi connectivity index (χ0n) is 6.78. The summed E-state index contributed by atoms with van der Waals surface area (Å²) in [6.07, 6.45) is -4.55. The highest BCUT2D eigenvalue weighted by atomic mass is 35.5. The fourth-order valence-electron chi connectivity index (χ4n) is 0.888. The summed E-state index contributed by atoms with van der Waals surface area (Å²) in [6, 6.07) is 0. The van der Waals surface area contributed by atoms with Crippen molar-refractivity contribution in [2.24, 2.45) is 5.92 Å². The minimum Gasteiger partial charge on any atom is -0.298 e. The number of hydrogen-bond acceptors (Lipinski definition) is 1. The molecular weight excluding hydrogens is 193 g/mol. The van der Waals surface area contributed by atoms with Crippen molar-refractivity contribution in [2.45, 2.75) is 31.8 Å². The van der Waals surface area contributed by atoms with Gasteiger partial charge in [-0.25, -0.2) is 0 Å². The molecule has 0 aromatic carbocycles. The lowest BCUT2D eigenvalue weighted by molar-refractivity contribution is -0.177. The van der Waals surface area contributed by atoms with E-state index in [2.05, 4.69) is 0 Å². The number of alkyl halides is 4. The molecule has 0 rings (SSSR count). The second-order valence-corrected chi connectivity index (χ2v) is 3.04. The van der Waals surface area contributed by atoms with Crippen LogP contribution in [-0.2, 0) is 4.79 Å². The second kappa shape index (κ2) is 4.12. The Kier molecular flexibility index (Phi) is 4.03. The molecule has 0 aromatic rings. The summed E-state index contributed by atoms with van der Waals surface area (Å²) in [7, 11) is 0. The van der Waals surface area contributed by atoms with Gasteiger partial charge < -0.3 is 0 Å². The van der Waals surface area contributed by atoms with Crippen LogP contribution in [0.1, 0.15) is 20.3 Å². The lowest BCUT2D eigenvalue weighted by atomic mass is 9.99. The first-order valence-electron chi connectivity index (χ1n) is 3.52. The number of carbonyl (C=O) groups is 1. The van der Waals surface area contributed by atoms with Crippen LogP contribution in [0.4, 0.5) is 13.2 Å². The molecule has 5 heteroatoms. The SMILES string of the molecule is CCC(C(Cl)C(C)=O)C(F)(F)F. The predicted molar refractivity (Wildman–Crippen MR) is 40.2 cm³/mol. The first kappa shape index (κ1) is 11.8. The molecule has 0 heterocycles. The van der Waals surface area contributed by atoms with Crippen LogP contribution in [0, 0.1) is 5.92 Å². The number of halogens is 4. The van der Waals surface area contributed by atoms with Gasteiger partial charge in [-0.05, 0) is 13.3 Å². The minimum absolute atomic E-state index is 0.169. The smallest absolute Gasteiger partial charge is 0.298 e. The lowest BCUT2D eigenvalue weighted by Gasteiger charge is -2.21. The van der Waals surface area contributed by atoms with E-state index in [9.17, 15) is 18.0 Å². The maximum atomic E-state index is 12.1. The highest BCUT2D eigenvalue weighted by molar-refractivity contribution is 6.31. The van der Waals surface area contributed by atoms with E-state index in [-0.39, 0.29) is 6.42 Å². The van der Waals surface area contributed by atoms with Crippen molar-refractivity contribution in [1.29, 1.82) is 0 Å². The maximum Gasteiger partial charge on any atom is 0.393 e. The van der Waals surface area contributed by atoms with Crippen molar-refractivity contribution < 1.29 is 18.0 Å². The van der Waals surface area contributed by atoms with Crippen LogP contribution in [0.3, 0.4) is 0 Å². The lowest BCUT2D eigenvalue weighted by Crippen LogP contribution is -2.34. The average Bonchev–Trinajstić information content (AvgIpc) is 1.85. The third kappa shape index (κ3) is 3.01. The van der Waals surface area contributed by atoms with Crippen molar-refractivity contribution in [2.75, 3.05) is 0 Å². The molecule has 12 heavy (non-hydrogen) atoms. The van der Waals surface area contributed by atoms with Crippen LogP contribution in [0.2, 0.25) is 0 Å². The van der Waals surface area contributed by atoms with Gasteiger partial charge in [-0.1, -0.05) is 6.92 Å². The Morgan fingerprint density at radius 3 is 2.00 bits per heavy atom. The van der Waals surface area contributed by atoms with E-state index in [4.69, 9.17) is 11.6 Å². The number of rotatable bonds is 3. The van der Waals surface area contributed by atoms with Gasteiger partial charge in [0.2, 0.25) is 0 Å². The van der Waals surface area contributed by atoms with E-state index in [1.54, 1.807) is 0 Å². The van der Waals surface area contributed by atoms with Gasteiger partial charge in [-0.2, -0.15) is 13.2 Å². The molecule has 0 bridgehead atoms. The van der Waals surface area contributed by atoms with Gasteiger partial charge in [-0.15, -0.1) is 11.6 Å². The summed E-state index contributed by atoms with van der Waals surface area (Å²) in [5.74, 6) is -2.36. The third-order valence-electron chi connectivity index (χ3n) is 1.60. The summed E-state index contributed by atoms with van der Waals surface area (Å²) in [5.41, 5.74) is 0. The number of carbonyl (C=O) groups excluding carboxylic acids is 1.